The number of halogens is 3. The summed E-state index contributed by atoms with van der Waals surface area (Å²) in [7, 11) is 1.34. The molecule has 0 aliphatic rings. The highest BCUT2D eigenvalue weighted by atomic mass is 79.9. The van der Waals surface area contributed by atoms with Crippen molar-refractivity contribution < 1.29 is 18.3 Å². The first-order chi connectivity index (χ1) is 6.60. The summed E-state index contributed by atoms with van der Waals surface area (Å²) in [5, 5.41) is 0. The van der Waals surface area contributed by atoms with E-state index in [9.17, 15) is 13.6 Å². The van der Waals surface area contributed by atoms with Crippen LogP contribution in [0.4, 0.5) is 8.78 Å². The molecule has 0 radical (unpaired) electrons. The van der Waals surface area contributed by atoms with E-state index in [0.29, 0.717) is 6.29 Å². The second-order valence-corrected chi connectivity index (χ2v) is 3.13. The van der Waals surface area contributed by atoms with E-state index in [4.69, 9.17) is 4.74 Å². The largest absolute Gasteiger partial charge is 0.481 e. The van der Waals surface area contributed by atoms with E-state index in [0.717, 1.165) is 0 Å². The number of hydrogen-bond acceptors (Lipinski definition) is 3. The molecule has 6 heteroatoms. The summed E-state index contributed by atoms with van der Waals surface area (Å²) in [6, 6.07) is 1.17. The van der Waals surface area contributed by atoms with Crippen LogP contribution in [0.5, 0.6) is 5.88 Å². The van der Waals surface area contributed by atoms with Crippen LogP contribution in [-0.2, 0) is 0 Å². The van der Waals surface area contributed by atoms with Crippen LogP contribution in [0.1, 0.15) is 22.3 Å². The molecular weight excluding hydrogens is 260 g/mol. The molecule has 0 aliphatic heterocycles. The molecular formula is C8H6BrF2NO2. The minimum Gasteiger partial charge on any atom is -0.481 e. The maximum atomic E-state index is 12.4. The number of rotatable bonds is 3. The molecule has 1 aromatic rings. The third-order valence-electron chi connectivity index (χ3n) is 1.57. The lowest BCUT2D eigenvalue weighted by atomic mass is 10.1. The van der Waals surface area contributed by atoms with Crippen molar-refractivity contribution in [3.8, 4) is 5.88 Å². The fourth-order valence-electron chi connectivity index (χ4n) is 0.937. The van der Waals surface area contributed by atoms with Gasteiger partial charge in [-0.3, -0.25) is 4.79 Å². The third-order valence-corrected chi connectivity index (χ3v) is 2.18. The number of carbonyl (C=O) groups is 1. The van der Waals surface area contributed by atoms with E-state index in [1.807, 2.05) is 0 Å². The maximum absolute atomic E-state index is 12.4. The molecule has 0 unspecified atom stereocenters. The van der Waals surface area contributed by atoms with Crippen LogP contribution in [0.15, 0.2) is 10.7 Å². The Labute approximate surface area is 87.2 Å². The molecule has 0 aromatic carbocycles. The molecule has 0 atom stereocenters. The predicted molar refractivity (Wildman–Crippen MR) is 48.8 cm³/mol. The van der Waals surface area contributed by atoms with Crippen LogP contribution in [0.25, 0.3) is 0 Å². The van der Waals surface area contributed by atoms with Gasteiger partial charge in [0.1, 0.15) is 4.60 Å². The zero-order valence-electron chi connectivity index (χ0n) is 7.13. The Kier molecular flexibility index (Phi) is 3.51. The van der Waals surface area contributed by atoms with E-state index in [1.165, 1.54) is 13.2 Å². The van der Waals surface area contributed by atoms with E-state index in [1.54, 1.807) is 0 Å². The molecule has 0 aliphatic carbocycles. The molecule has 0 N–H and O–H groups in total. The average Bonchev–Trinajstić information content (AvgIpc) is 2.15. The molecule has 1 aromatic heterocycles. The first kappa shape index (κ1) is 11.0. The number of alkyl halides is 2. The van der Waals surface area contributed by atoms with Gasteiger partial charge in [-0.2, -0.15) is 0 Å². The van der Waals surface area contributed by atoms with Gasteiger partial charge in [0.2, 0.25) is 5.88 Å². The summed E-state index contributed by atoms with van der Waals surface area (Å²) in [6.45, 7) is 0. The van der Waals surface area contributed by atoms with Crippen molar-refractivity contribution in [2.75, 3.05) is 7.11 Å². The summed E-state index contributed by atoms with van der Waals surface area (Å²) in [4.78, 5) is 14.2. The number of pyridine rings is 1. The van der Waals surface area contributed by atoms with Crippen molar-refractivity contribution in [2.45, 2.75) is 6.43 Å². The fourth-order valence-corrected chi connectivity index (χ4v) is 1.51. The maximum Gasteiger partial charge on any atom is 0.267 e. The molecule has 0 fully saturated rings. The van der Waals surface area contributed by atoms with Crippen molar-refractivity contribution in [3.05, 3.63) is 21.8 Å². The van der Waals surface area contributed by atoms with Crippen molar-refractivity contribution >= 4 is 22.2 Å². The zero-order valence-corrected chi connectivity index (χ0v) is 8.72. The van der Waals surface area contributed by atoms with Crippen molar-refractivity contribution in [1.29, 1.82) is 0 Å². The van der Waals surface area contributed by atoms with Gasteiger partial charge in [-0.1, -0.05) is 0 Å². The topological polar surface area (TPSA) is 39.2 Å². The van der Waals surface area contributed by atoms with Crippen molar-refractivity contribution in [2.24, 2.45) is 0 Å². The van der Waals surface area contributed by atoms with Gasteiger partial charge in [0.15, 0.2) is 6.29 Å². The molecule has 0 saturated carbocycles. The zero-order chi connectivity index (χ0) is 10.7. The summed E-state index contributed by atoms with van der Waals surface area (Å²) >= 11 is 2.85. The minimum absolute atomic E-state index is 0.0750. The molecule has 1 rings (SSSR count). The fraction of sp³-hybridized carbons (Fsp3) is 0.250. The number of aldehydes is 1. The van der Waals surface area contributed by atoms with Gasteiger partial charge in [-0.15, -0.1) is 0 Å². The first-order valence-corrected chi connectivity index (χ1v) is 4.37. The minimum atomic E-state index is -2.75. The smallest absolute Gasteiger partial charge is 0.267 e. The Hall–Kier alpha value is -1.04. The van der Waals surface area contributed by atoms with Gasteiger partial charge < -0.3 is 4.74 Å². The molecule has 0 spiro atoms. The van der Waals surface area contributed by atoms with Gasteiger partial charge in [-0.05, 0) is 15.9 Å². The summed E-state index contributed by atoms with van der Waals surface area (Å²) in [5.74, 6) is 0.114. The van der Waals surface area contributed by atoms with Crippen LogP contribution in [0, 0.1) is 0 Å². The molecule has 14 heavy (non-hydrogen) atoms. The Morgan fingerprint density at radius 1 is 1.64 bits per heavy atom. The standard InChI is InChI=1S/C8H6BrF2NO2/c1-14-5-2-4(3-13)6(8(10)11)7(9)12-5/h2-3,8H,1H3. The quantitative estimate of drug-likeness (QED) is 0.623. The van der Waals surface area contributed by atoms with Gasteiger partial charge in [0.05, 0.1) is 12.7 Å². The SMILES string of the molecule is COc1cc(C=O)c(C(F)F)c(Br)n1. The summed E-state index contributed by atoms with van der Waals surface area (Å²) in [6.07, 6.45) is -2.40. The van der Waals surface area contributed by atoms with Gasteiger partial charge >= 0.3 is 0 Å². The van der Waals surface area contributed by atoms with Crippen molar-refractivity contribution in [1.82, 2.24) is 4.98 Å². The predicted octanol–water partition coefficient (Wildman–Crippen LogP) is 2.60. The molecule has 1 heterocycles. The number of hydrogen-bond donors (Lipinski definition) is 0. The third kappa shape index (κ3) is 2.06. The number of ether oxygens (including phenoxy) is 1. The van der Waals surface area contributed by atoms with Gasteiger partial charge in [0, 0.05) is 11.6 Å². The second-order valence-electron chi connectivity index (χ2n) is 2.38. The Morgan fingerprint density at radius 2 is 2.29 bits per heavy atom. The Bertz CT molecular complexity index is 357. The molecule has 76 valence electrons. The Balaban J connectivity index is 3.34. The van der Waals surface area contributed by atoms with Gasteiger partial charge in [0.25, 0.3) is 6.43 Å². The van der Waals surface area contributed by atoms with E-state index < -0.39 is 12.0 Å². The summed E-state index contributed by atoms with van der Waals surface area (Å²) < 4.78 is 29.5. The molecule has 3 nitrogen and oxygen atoms in total. The normalized spacial score (nSPS) is 10.4. The Morgan fingerprint density at radius 3 is 2.71 bits per heavy atom. The lowest BCUT2D eigenvalue weighted by Crippen LogP contribution is -1.99. The number of aromatic nitrogens is 1. The van der Waals surface area contributed by atoms with E-state index >= 15 is 0 Å². The molecule has 0 saturated heterocycles. The average molecular weight is 266 g/mol. The molecule has 0 bridgehead atoms. The van der Waals surface area contributed by atoms with Crippen LogP contribution in [0.2, 0.25) is 0 Å². The van der Waals surface area contributed by atoms with Crippen molar-refractivity contribution in [3.63, 3.8) is 0 Å². The second kappa shape index (κ2) is 4.45. The van der Waals surface area contributed by atoms with Gasteiger partial charge in [-0.25, -0.2) is 13.8 Å². The number of methoxy groups -OCH3 is 1. The lowest BCUT2D eigenvalue weighted by Gasteiger charge is -2.07. The number of carbonyl (C=O) groups excluding carboxylic acids is 1. The first-order valence-electron chi connectivity index (χ1n) is 3.58. The summed E-state index contributed by atoms with van der Waals surface area (Å²) in [5.41, 5.74) is -0.542. The highest BCUT2D eigenvalue weighted by molar-refractivity contribution is 9.10. The van der Waals surface area contributed by atoms with Crippen LogP contribution in [0.3, 0.4) is 0 Å². The molecule has 0 amide bonds. The number of nitrogens with zero attached hydrogens (tertiary/aromatic N) is 1. The van der Waals surface area contributed by atoms with E-state index in [-0.39, 0.29) is 16.0 Å². The van der Waals surface area contributed by atoms with E-state index in [2.05, 4.69) is 20.9 Å². The van der Waals surface area contributed by atoms with Crippen LogP contribution >= 0.6 is 15.9 Å². The highest BCUT2D eigenvalue weighted by Gasteiger charge is 2.19. The highest BCUT2D eigenvalue weighted by Crippen LogP contribution is 2.30. The monoisotopic (exact) mass is 265 g/mol. The van der Waals surface area contributed by atoms with Crippen LogP contribution < -0.4 is 4.74 Å². The lowest BCUT2D eigenvalue weighted by molar-refractivity contribution is 0.110. The van der Waals surface area contributed by atoms with Crippen LogP contribution in [-0.4, -0.2) is 18.4 Å².